The van der Waals surface area contributed by atoms with Gasteiger partial charge in [0.15, 0.2) is 5.82 Å². The van der Waals surface area contributed by atoms with E-state index in [1.165, 1.54) is 31.9 Å². The fourth-order valence-corrected chi connectivity index (χ4v) is 13.5. The third-order valence-electron chi connectivity index (χ3n) is 10.7. The number of hydrogen-bond acceptors (Lipinski definition) is 3. The lowest BCUT2D eigenvalue weighted by atomic mass is 10.1. The summed E-state index contributed by atoms with van der Waals surface area (Å²) in [7, 11) is -2.92. The van der Waals surface area contributed by atoms with Gasteiger partial charge in [0, 0.05) is 38.7 Å². The van der Waals surface area contributed by atoms with E-state index in [2.05, 4.69) is 162 Å². The summed E-state index contributed by atoms with van der Waals surface area (Å²) < 4.78 is 8.86. The number of aromatic nitrogens is 3. The minimum absolute atomic E-state index is 0.719. The minimum atomic E-state index is -2.92. The second-order valence-corrected chi connectivity index (χ2v) is 17.0. The normalized spacial score (nSPS) is 13.3. The molecule has 4 heterocycles. The summed E-state index contributed by atoms with van der Waals surface area (Å²) >= 11 is 0. The van der Waals surface area contributed by atoms with E-state index in [1.807, 2.05) is 18.2 Å². The first-order valence-corrected chi connectivity index (χ1v) is 19.3. The molecule has 5 heteroatoms. The molecule has 0 amide bonds. The molecule has 0 unspecified atom stereocenters. The highest BCUT2D eigenvalue weighted by molar-refractivity contribution is 7.21. The average molecular weight is 668 g/mol. The van der Waals surface area contributed by atoms with Crippen LogP contribution in [0.5, 0.6) is 0 Å². The maximum Gasteiger partial charge on any atom is 0.203 e. The van der Waals surface area contributed by atoms with Crippen LogP contribution in [-0.4, -0.2) is 22.6 Å². The van der Waals surface area contributed by atoms with Crippen molar-refractivity contribution in [3.63, 3.8) is 0 Å². The van der Waals surface area contributed by atoms with Crippen molar-refractivity contribution in [3.8, 4) is 28.3 Å². The van der Waals surface area contributed by atoms with Crippen molar-refractivity contribution in [2.45, 2.75) is 0 Å². The zero-order chi connectivity index (χ0) is 33.5. The number of fused-ring (bicyclic) bond motifs is 9. The molecular formula is C46H29N3OSi. The molecule has 7 aromatic carbocycles. The highest BCUT2D eigenvalue weighted by Crippen LogP contribution is 2.41. The summed E-state index contributed by atoms with van der Waals surface area (Å²) in [5, 5.41) is 9.63. The first-order valence-electron chi connectivity index (χ1n) is 17.3. The summed E-state index contributed by atoms with van der Waals surface area (Å²) in [6, 6.07) is 62.9. The first kappa shape index (κ1) is 28.3. The SMILES string of the molecule is c1ccc(-c2nc(-n3c4ccccc4c4cc5c(cc43)oc3ccccc35)c3c(n2)[Si](c2ccccc2)(c2ccccc2)c2ccccc2-3)cc1. The number of furan rings is 1. The van der Waals surface area contributed by atoms with E-state index < -0.39 is 8.07 Å². The fourth-order valence-electron chi connectivity index (χ4n) is 8.55. The van der Waals surface area contributed by atoms with Gasteiger partial charge in [0.1, 0.15) is 17.0 Å². The van der Waals surface area contributed by atoms with Crippen molar-refractivity contribution in [3.05, 3.63) is 176 Å². The van der Waals surface area contributed by atoms with Crippen molar-refractivity contribution < 1.29 is 4.42 Å². The summed E-state index contributed by atoms with van der Waals surface area (Å²) in [5.74, 6) is 1.60. The van der Waals surface area contributed by atoms with Crippen LogP contribution in [0.25, 0.3) is 72.1 Å². The van der Waals surface area contributed by atoms with E-state index in [0.717, 1.165) is 61.1 Å². The van der Waals surface area contributed by atoms with Crippen LogP contribution < -0.4 is 20.9 Å². The van der Waals surface area contributed by atoms with Gasteiger partial charge in [0.25, 0.3) is 0 Å². The van der Waals surface area contributed by atoms with Crippen LogP contribution in [-0.2, 0) is 0 Å². The van der Waals surface area contributed by atoms with Gasteiger partial charge in [-0.25, -0.2) is 9.97 Å². The third-order valence-corrected chi connectivity index (χ3v) is 15.4. The number of rotatable bonds is 4. The fraction of sp³-hybridized carbons (Fsp3) is 0. The van der Waals surface area contributed by atoms with Crippen molar-refractivity contribution in [2.24, 2.45) is 0 Å². The Morgan fingerprint density at radius 1 is 0.471 bits per heavy atom. The molecule has 3 aromatic heterocycles. The average Bonchev–Trinajstić information content (AvgIpc) is 3.83. The molecule has 0 bridgehead atoms. The number of nitrogens with zero attached hydrogens (tertiary/aromatic N) is 3. The number of hydrogen-bond donors (Lipinski definition) is 0. The second-order valence-electron chi connectivity index (χ2n) is 13.3. The molecule has 0 N–H and O–H groups in total. The van der Waals surface area contributed by atoms with E-state index in [-0.39, 0.29) is 0 Å². The molecule has 0 saturated carbocycles. The molecule has 0 spiro atoms. The molecular weight excluding hydrogens is 639 g/mol. The summed E-state index contributed by atoms with van der Waals surface area (Å²) in [4.78, 5) is 11.2. The van der Waals surface area contributed by atoms with Gasteiger partial charge in [-0.3, -0.25) is 4.57 Å². The van der Waals surface area contributed by atoms with Gasteiger partial charge in [-0.1, -0.05) is 152 Å². The molecule has 238 valence electrons. The summed E-state index contributed by atoms with van der Waals surface area (Å²) in [6.45, 7) is 0. The van der Waals surface area contributed by atoms with E-state index in [1.54, 1.807) is 0 Å². The van der Waals surface area contributed by atoms with Gasteiger partial charge in [-0.15, -0.1) is 0 Å². The second kappa shape index (κ2) is 10.7. The summed E-state index contributed by atoms with van der Waals surface area (Å²) in [5.41, 5.74) is 7.18. The Labute approximate surface area is 294 Å². The molecule has 10 aromatic rings. The van der Waals surface area contributed by atoms with Crippen molar-refractivity contribution in [2.75, 3.05) is 0 Å². The Bertz CT molecular complexity index is 2930. The van der Waals surface area contributed by atoms with Crippen LogP contribution >= 0.6 is 0 Å². The van der Waals surface area contributed by atoms with Crippen LogP contribution in [0, 0.1) is 0 Å². The Hall–Kier alpha value is -6.56. The van der Waals surface area contributed by atoms with Crippen molar-refractivity contribution in [1.29, 1.82) is 0 Å². The molecule has 1 aliphatic rings. The van der Waals surface area contributed by atoms with Crippen molar-refractivity contribution in [1.82, 2.24) is 14.5 Å². The number of para-hydroxylation sites is 2. The Morgan fingerprint density at radius 2 is 1.10 bits per heavy atom. The molecule has 51 heavy (non-hydrogen) atoms. The highest BCUT2D eigenvalue weighted by atomic mass is 28.3. The lowest BCUT2D eigenvalue weighted by molar-refractivity contribution is 0.669. The van der Waals surface area contributed by atoms with Gasteiger partial charge < -0.3 is 4.42 Å². The number of benzene rings is 7. The smallest absolute Gasteiger partial charge is 0.203 e. The van der Waals surface area contributed by atoms with Crippen molar-refractivity contribution >= 4 is 72.7 Å². The monoisotopic (exact) mass is 667 g/mol. The van der Waals surface area contributed by atoms with E-state index >= 15 is 0 Å². The minimum Gasteiger partial charge on any atom is -0.456 e. The van der Waals surface area contributed by atoms with Crippen LogP contribution in [0.3, 0.4) is 0 Å². The first-order chi connectivity index (χ1) is 25.3. The quantitative estimate of drug-likeness (QED) is 0.177. The zero-order valence-electron chi connectivity index (χ0n) is 27.5. The van der Waals surface area contributed by atoms with Gasteiger partial charge in [-0.05, 0) is 39.3 Å². The van der Waals surface area contributed by atoms with Crippen LogP contribution in [0.15, 0.2) is 180 Å². The van der Waals surface area contributed by atoms with Gasteiger partial charge in [0.05, 0.1) is 16.4 Å². The molecule has 0 radical (unpaired) electrons. The topological polar surface area (TPSA) is 43.9 Å². The molecule has 0 saturated heterocycles. The molecule has 0 aliphatic carbocycles. The Kier molecular flexibility index (Phi) is 5.95. The molecule has 0 fully saturated rings. The Balaban J connectivity index is 1.35. The molecule has 0 atom stereocenters. The maximum atomic E-state index is 6.50. The lowest BCUT2D eigenvalue weighted by Crippen LogP contribution is -2.73. The van der Waals surface area contributed by atoms with E-state index in [9.17, 15) is 0 Å². The standard InChI is InChI=1S/C46H29N3OSi/c1-4-16-30(17-5-1)44-47-45(49-38-25-13-10-22-33(38)36-28-37-34-23-11-14-26-40(34)50-41(37)29-39(36)49)43-35-24-12-15-27-42(35)51(46(43)48-44,31-18-6-2-7-19-31)32-20-8-3-9-21-32/h1-29H. The van der Waals surface area contributed by atoms with Gasteiger partial charge in [-0.2, -0.15) is 0 Å². The zero-order valence-corrected chi connectivity index (χ0v) is 28.5. The predicted octanol–water partition coefficient (Wildman–Crippen LogP) is 8.50. The van der Waals surface area contributed by atoms with Crippen LogP contribution in [0.4, 0.5) is 0 Å². The maximum absolute atomic E-state index is 6.50. The molecule has 4 nitrogen and oxygen atoms in total. The van der Waals surface area contributed by atoms with Crippen LogP contribution in [0.2, 0.25) is 0 Å². The summed E-state index contributed by atoms with van der Waals surface area (Å²) in [6.07, 6.45) is 0. The molecule has 1 aliphatic heterocycles. The molecule has 11 rings (SSSR count). The van der Waals surface area contributed by atoms with E-state index in [4.69, 9.17) is 14.4 Å². The third kappa shape index (κ3) is 3.89. The van der Waals surface area contributed by atoms with Gasteiger partial charge >= 0.3 is 0 Å². The van der Waals surface area contributed by atoms with Crippen LogP contribution in [0.1, 0.15) is 0 Å². The van der Waals surface area contributed by atoms with E-state index in [0.29, 0.717) is 0 Å². The Morgan fingerprint density at radius 3 is 1.86 bits per heavy atom. The largest absolute Gasteiger partial charge is 0.456 e. The predicted molar refractivity (Wildman–Crippen MR) is 212 cm³/mol. The lowest BCUT2D eigenvalue weighted by Gasteiger charge is -2.30. The highest BCUT2D eigenvalue weighted by Gasteiger charge is 2.51. The van der Waals surface area contributed by atoms with Gasteiger partial charge in [0.2, 0.25) is 8.07 Å².